The molecule has 26 heavy (non-hydrogen) atoms. The van der Waals surface area contributed by atoms with Crippen molar-refractivity contribution in [1.82, 2.24) is 24.9 Å². The van der Waals surface area contributed by atoms with E-state index in [1.165, 1.54) is 6.20 Å². The van der Waals surface area contributed by atoms with Crippen LogP contribution >= 0.6 is 0 Å². The van der Waals surface area contributed by atoms with Crippen LogP contribution < -0.4 is 0 Å². The largest absolute Gasteiger partial charge is 0.449 e. The third-order valence-electron chi connectivity index (χ3n) is 3.90. The second kappa shape index (κ2) is 6.51. The number of nitrogens with zero attached hydrogens (tertiary/aromatic N) is 5. The van der Waals surface area contributed by atoms with Crippen LogP contribution in [0.4, 0.5) is 0 Å². The zero-order valence-corrected chi connectivity index (χ0v) is 15.8. The first kappa shape index (κ1) is 18.0. The summed E-state index contributed by atoms with van der Waals surface area (Å²) in [6.45, 7) is 11.7. The summed E-state index contributed by atoms with van der Waals surface area (Å²) in [6, 6.07) is 1.91. The zero-order chi connectivity index (χ0) is 19.1. The van der Waals surface area contributed by atoms with Gasteiger partial charge in [0.15, 0.2) is 17.6 Å². The highest BCUT2D eigenvalue weighted by molar-refractivity contribution is 5.93. The van der Waals surface area contributed by atoms with E-state index in [4.69, 9.17) is 9.26 Å². The quantitative estimate of drug-likeness (QED) is 0.658. The lowest BCUT2D eigenvalue weighted by molar-refractivity contribution is 0.0265. The summed E-state index contributed by atoms with van der Waals surface area (Å²) in [7, 11) is 0. The number of hydrogen-bond donors (Lipinski definition) is 0. The van der Waals surface area contributed by atoms with Gasteiger partial charge in [0.1, 0.15) is 0 Å². The monoisotopic (exact) mass is 357 g/mol. The van der Waals surface area contributed by atoms with Gasteiger partial charge in [0, 0.05) is 23.0 Å². The Bertz CT molecular complexity index is 936. The van der Waals surface area contributed by atoms with Crippen molar-refractivity contribution in [3.05, 3.63) is 35.7 Å². The van der Waals surface area contributed by atoms with Gasteiger partial charge < -0.3 is 9.26 Å². The van der Waals surface area contributed by atoms with Gasteiger partial charge in [-0.25, -0.2) is 14.5 Å². The number of esters is 1. The van der Waals surface area contributed by atoms with Crippen LogP contribution in [0.5, 0.6) is 0 Å². The van der Waals surface area contributed by atoms with E-state index in [-0.39, 0.29) is 17.3 Å². The van der Waals surface area contributed by atoms with Crippen LogP contribution in [-0.2, 0) is 10.2 Å². The van der Waals surface area contributed by atoms with Crippen molar-refractivity contribution in [2.75, 3.05) is 0 Å². The number of hydrogen-bond acceptors (Lipinski definition) is 7. The summed E-state index contributed by atoms with van der Waals surface area (Å²) < 4.78 is 12.5. The van der Waals surface area contributed by atoms with E-state index in [1.54, 1.807) is 23.9 Å². The molecule has 138 valence electrons. The van der Waals surface area contributed by atoms with Crippen molar-refractivity contribution >= 4 is 17.0 Å². The molecule has 0 aliphatic heterocycles. The maximum atomic E-state index is 12.4. The molecule has 0 amide bonds. The molecule has 3 aromatic heterocycles. The molecule has 0 radical (unpaired) electrons. The second-order valence-corrected chi connectivity index (χ2v) is 7.57. The number of aromatic nitrogens is 5. The van der Waals surface area contributed by atoms with E-state index in [0.29, 0.717) is 11.4 Å². The highest BCUT2D eigenvalue weighted by atomic mass is 16.6. The summed E-state index contributed by atoms with van der Waals surface area (Å²) in [5.74, 6) is 0.337. The number of carbonyl (C=O) groups is 1. The van der Waals surface area contributed by atoms with Crippen LogP contribution in [0.1, 0.15) is 75.8 Å². The minimum atomic E-state index is -0.653. The molecule has 0 saturated carbocycles. The van der Waals surface area contributed by atoms with Gasteiger partial charge in [-0.15, -0.1) is 0 Å². The van der Waals surface area contributed by atoms with Crippen molar-refractivity contribution < 1.29 is 14.1 Å². The highest BCUT2D eigenvalue weighted by Crippen LogP contribution is 2.23. The maximum Gasteiger partial charge on any atom is 0.340 e. The standard InChI is InChI=1S/C18H23N5O3/c1-10(2)23-14-12(9-20-23)7-13(8-19-14)16(24)25-11(3)15-21-17(22-26-15)18(4,5)6/h7-11H,1-6H3/t11-/m0/s1. The molecule has 0 aromatic carbocycles. The topological polar surface area (TPSA) is 95.9 Å². The van der Waals surface area contributed by atoms with E-state index in [9.17, 15) is 4.79 Å². The average Bonchev–Trinajstić information content (AvgIpc) is 3.20. The van der Waals surface area contributed by atoms with Crippen LogP contribution in [0.2, 0.25) is 0 Å². The Morgan fingerprint density at radius 1 is 1.23 bits per heavy atom. The molecule has 3 rings (SSSR count). The normalized spacial score (nSPS) is 13.3. The first-order chi connectivity index (χ1) is 12.2. The number of pyridine rings is 1. The van der Waals surface area contributed by atoms with Gasteiger partial charge in [0.05, 0.1) is 11.8 Å². The molecule has 1 atom stereocenters. The van der Waals surface area contributed by atoms with E-state index >= 15 is 0 Å². The summed E-state index contributed by atoms with van der Waals surface area (Å²) in [6.07, 6.45) is 2.53. The van der Waals surface area contributed by atoms with Crippen molar-refractivity contribution in [3.63, 3.8) is 0 Å². The Morgan fingerprint density at radius 2 is 1.96 bits per heavy atom. The molecular weight excluding hydrogens is 334 g/mol. The third-order valence-corrected chi connectivity index (χ3v) is 3.90. The predicted octanol–water partition coefficient (Wildman–Crippen LogP) is 3.61. The molecular formula is C18H23N5O3. The lowest BCUT2D eigenvalue weighted by Gasteiger charge is -2.12. The van der Waals surface area contributed by atoms with Gasteiger partial charge in [-0.1, -0.05) is 25.9 Å². The fourth-order valence-corrected chi connectivity index (χ4v) is 2.41. The Kier molecular flexibility index (Phi) is 4.52. The highest BCUT2D eigenvalue weighted by Gasteiger charge is 2.25. The molecule has 8 heteroatoms. The predicted molar refractivity (Wildman–Crippen MR) is 94.7 cm³/mol. The molecule has 0 fully saturated rings. The zero-order valence-electron chi connectivity index (χ0n) is 15.8. The Labute approximate surface area is 151 Å². The fourth-order valence-electron chi connectivity index (χ4n) is 2.41. The summed E-state index contributed by atoms with van der Waals surface area (Å²) in [5.41, 5.74) is 0.844. The van der Waals surface area contributed by atoms with Crippen LogP contribution in [0, 0.1) is 0 Å². The smallest absolute Gasteiger partial charge is 0.340 e. The summed E-state index contributed by atoms with van der Waals surface area (Å²) in [5, 5.41) is 9.03. The molecule has 0 spiro atoms. The molecule has 0 unspecified atom stereocenters. The minimum Gasteiger partial charge on any atom is -0.449 e. The Hall–Kier alpha value is -2.77. The van der Waals surface area contributed by atoms with Gasteiger partial charge in [-0.2, -0.15) is 10.1 Å². The van der Waals surface area contributed by atoms with E-state index in [0.717, 1.165) is 11.0 Å². The summed E-state index contributed by atoms with van der Waals surface area (Å²) in [4.78, 5) is 21.1. The van der Waals surface area contributed by atoms with Gasteiger partial charge in [0.25, 0.3) is 5.89 Å². The van der Waals surface area contributed by atoms with Crippen LogP contribution in [0.3, 0.4) is 0 Å². The lowest BCUT2D eigenvalue weighted by Crippen LogP contribution is -2.14. The fraction of sp³-hybridized carbons (Fsp3) is 0.500. The van der Waals surface area contributed by atoms with Crippen molar-refractivity contribution in [3.8, 4) is 0 Å². The number of ether oxygens (including phenoxy) is 1. The molecule has 3 heterocycles. The average molecular weight is 357 g/mol. The molecule has 0 aliphatic rings. The van der Waals surface area contributed by atoms with Gasteiger partial charge in [-0.3, -0.25) is 0 Å². The number of fused-ring (bicyclic) bond motifs is 1. The van der Waals surface area contributed by atoms with Crippen LogP contribution in [0.15, 0.2) is 23.0 Å². The maximum absolute atomic E-state index is 12.4. The second-order valence-electron chi connectivity index (χ2n) is 7.57. The lowest BCUT2D eigenvalue weighted by atomic mass is 9.96. The molecule has 8 nitrogen and oxygen atoms in total. The molecule has 0 aliphatic carbocycles. The first-order valence-corrected chi connectivity index (χ1v) is 8.55. The van der Waals surface area contributed by atoms with E-state index < -0.39 is 12.1 Å². The Morgan fingerprint density at radius 3 is 2.58 bits per heavy atom. The van der Waals surface area contributed by atoms with Crippen molar-refractivity contribution in [2.24, 2.45) is 0 Å². The van der Waals surface area contributed by atoms with Crippen molar-refractivity contribution in [2.45, 2.75) is 59.1 Å². The minimum absolute atomic E-state index is 0.187. The van der Waals surface area contributed by atoms with Crippen LogP contribution in [0.25, 0.3) is 11.0 Å². The van der Waals surface area contributed by atoms with Crippen molar-refractivity contribution in [1.29, 1.82) is 0 Å². The first-order valence-electron chi connectivity index (χ1n) is 8.55. The molecule has 0 N–H and O–H groups in total. The summed E-state index contributed by atoms with van der Waals surface area (Å²) >= 11 is 0. The number of carbonyl (C=O) groups excluding carboxylic acids is 1. The number of rotatable bonds is 4. The third kappa shape index (κ3) is 3.44. The van der Waals surface area contributed by atoms with Gasteiger partial charge in [-0.05, 0) is 26.8 Å². The van der Waals surface area contributed by atoms with Gasteiger partial charge in [0.2, 0.25) is 0 Å². The molecule has 0 saturated heterocycles. The molecule has 3 aromatic rings. The SMILES string of the molecule is CC(C)n1ncc2cc(C(=O)O[C@@H](C)c3nc(C(C)(C)C)no3)cnc21. The van der Waals surface area contributed by atoms with Crippen LogP contribution in [-0.4, -0.2) is 30.9 Å². The van der Waals surface area contributed by atoms with E-state index in [1.807, 2.05) is 34.6 Å². The van der Waals surface area contributed by atoms with E-state index in [2.05, 4.69) is 20.2 Å². The Balaban J connectivity index is 1.77. The van der Waals surface area contributed by atoms with Gasteiger partial charge >= 0.3 is 5.97 Å². The molecule has 0 bridgehead atoms.